The summed E-state index contributed by atoms with van der Waals surface area (Å²) < 4.78 is 82.1. The van der Waals surface area contributed by atoms with Crippen molar-refractivity contribution in [2.45, 2.75) is 51.3 Å². The lowest BCUT2D eigenvalue weighted by molar-refractivity contribution is -0.137. The van der Waals surface area contributed by atoms with Crippen LogP contribution in [0.15, 0.2) is 36.5 Å². The Morgan fingerprint density at radius 2 is 2.08 bits per heavy atom. The van der Waals surface area contributed by atoms with Crippen molar-refractivity contribution in [2.24, 2.45) is 0 Å². The minimum atomic E-state index is -4.64. The zero-order valence-electron chi connectivity index (χ0n) is 20.6. The average molecular weight is 577 g/mol. The molecule has 38 heavy (non-hydrogen) atoms. The monoisotopic (exact) mass is 576 g/mol. The van der Waals surface area contributed by atoms with Crippen molar-refractivity contribution in [1.29, 1.82) is 0 Å². The fourth-order valence-electron chi connectivity index (χ4n) is 3.50. The number of hydrogen-bond acceptors (Lipinski definition) is 7. The summed E-state index contributed by atoms with van der Waals surface area (Å²) in [6, 6.07) is 5.29. The molecule has 1 atom stereocenters. The van der Waals surface area contributed by atoms with E-state index in [1.54, 1.807) is 6.07 Å². The highest BCUT2D eigenvalue weighted by Gasteiger charge is 2.32. The molecule has 2 aromatic rings. The minimum Gasteiger partial charge on any atom is -0.491 e. The summed E-state index contributed by atoms with van der Waals surface area (Å²) >= 11 is 5.99. The van der Waals surface area contributed by atoms with Gasteiger partial charge in [-0.2, -0.15) is 13.2 Å². The second-order valence-electron chi connectivity index (χ2n) is 8.58. The predicted octanol–water partition coefficient (Wildman–Crippen LogP) is 5.75. The standard InChI is InChI=1S/C25H28ClF3N2O6S/c1-2-3-4-12-38(33,34)31-23(32)10-8-17-7-9-19(36-16-20-6-5-11-35-20)14-22(17)37-24-21(26)13-18(15-30-24)25(27,28)29/h7-10,13-15,20H,2-6,11-12,16H2,1H3,(H,31,32). The average Bonchev–Trinajstić information content (AvgIpc) is 3.36. The van der Waals surface area contributed by atoms with Crippen LogP contribution in [0.25, 0.3) is 6.08 Å². The third-order valence-electron chi connectivity index (χ3n) is 5.47. The molecule has 3 rings (SSSR count). The number of sulfonamides is 1. The molecule has 1 aliphatic heterocycles. The van der Waals surface area contributed by atoms with E-state index in [0.29, 0.717) is 43.0 Å². The van der Waals surface area contributed by atoms with E-state index in [1.165, 1.54) is 18.2 Å². The number of ether oxygens (including phenoxy) is 3. The third kappa shape index (κ3) is 9.17. The summed E-state index contributed by atoms with van der Waals surface area (Å²) in [7, 11) is -3.79. The van der Waals surface area contributed by atoms with Crippen LogP contribution in [-0.2, 0) is 25.7 Å². The van der Waals surface area contributed by atoms with Gasteiger partial charge in [0, 0.05) is 30.5 Å². The fraction of sp³-hybridized carbons (Fsp3) is 0.440. The number of rotatable bonds is 12. The van der Waals surface area contributed by atoms with Crippen LogP contribution in [-0.4, -0.2) is 44.4 Å². The number of pyridine rings is 1. The van der Waals surface area contributed by atoms with Gasteiger partial charge in [0.2, 0.25) is 15.9 Å². The Labute approximate surface area is 224 Å². The van der Waals surface area contributed by atoms with Crippen molar-refractivity contribution in [1.82, 2.24) is 9.71 Å². The molecule has 1 fully saturated rings. The number of nitrogens with one attached hydrogen (secondary N) is 1. The number of halogens is 4. The number of aromatic nitrogens is 1. The molecule has 1 unspecified atom stereocenters. The van der Waals surface area contributed by atoms with E-state index in [9.17, 15) is 26.4 Å². The van der Waals surface area contributed by atoms with Crippen molar-refractivity contribution in [3.8, 4) is 17.4 Å². The van der Waals surface area contributed by atoms with Gasteiger partial charge in [0.05, 0.1) is 17.4 Å². The normalized spacial score (nSPS) is 16.1. The number of nitrogens with zero attached hydrogens (tertiary/aromatic N) is 1. The highest BCUT2D eigenvalue weighted by atomic mass is 35.5. The summed E-state index contributed by atoms with van der Waals surface area (Å²) in [6.45, 7) is 2.87. The van der Waals surface area contributed by atoms with Crippen molar-refractivity contribution < 1.29 is 40.6 Å². The van der Waals surface area contributed by atoms with Gasteiger partial charge in [-0.05, 0) is 43.5 Å². The second kappa shape index (κ2) is 13.3. The maximum Gasteiger partial charge on any atom is 0.417 e. The quantitative estimate of drug-likeness (QED) is 0.253. The number of amides is 1. The number of unbranched alkanes of at least 4 members (excludes halogenated alkanes) is 2. The van der Waals surface area contributed by atoms with Gasteiger partial charge >= 0.3 is 6.18 Å². The van der Waals surface area contributed by atoms with E-state index in [1.807, 2.05) is 11.6 Å². The van der Waals surface area contributed by atoms with Crippen LogP contribution in [0.2, 0.25) is 5.02 Å². The van der Waals surface area contributed by atoms with Crippen molar-refractivity contribution >= 4 is 33.6 Å². The van der Waals surface area contributed by atoms with Crippen LogP contribution in [0, 0.1) is 0 Å². The zero-order chi connectivity index (χ0) is 27.8. The maximum absolute atomic E-state index is 13.0. The molecule has 1 aromatic heterocycles. The highest BCUT2D eigenvalue weighted by molar-refractivity contribution is 7.90. The Hall–Kier alpha value is -2.83. The van der Waals surface area contributed by atoms with Crippen LogP contribution in [0.4, 0.5) is 13.2 Å². The van der Waals surface area contributed by atoms with E-state index in [2.05, 4.69) is 4.98 Å². The Bertz CT molecular complexity index is 1250. The number of alkyl halides is 3. The molecule has 0 spiro atoms. The molecule has 1 N–H and O–H groups in total. The molecule has 13 heteroatoms. The Morgan fingerprint density at radius 3 is 2.74 bits per heavy atom. The van der Waals surface area contributed by atoms with Crippen molar-refractivity contribution in [2.75, 3.05) is 19.0 Å². The Kier molecular flexibility index (Phi) is 10.4. The van der Waals surface area contributed by atoms with E-state index >= 15 is 0 Å². The molecule has 1 amide bonds. The first-order valence-electron chi connectivity index (χ1n) is 12.0. The fourth-order valence-corrected chi connectivity index (χ4v) is 4.77. The first kappa shape index (κ1) is 29.7. The number of benzene rings is 1. The molecule has 0 aliphatic carbocycles. The third-order valence-corrected chi connectivity index (χ3v) is 7.08. The molecule has 2 heterocycles. The van der Waals surface area contributed by atoms with Crippen LogP contribution in [0.5, 0.6) is 17.4 Å². The van der Waals surface area contributed by atoms with E-state index in [0.717, 1.165) is 25.3 Å². The topological polar surface area (TPSA) is 104 Å². The summed E-state index contributed by atoms with van der Waals surface area (Å²) in [5.41, 5.74) is -0.744. The lowest BCUT2D eigenvalue weighted by Crippen LogP contribution is -2.31. The first-order chi connectivity index (χ1) is 18.0. The molecule has 1 aliphatic rings. The molecule has 1 aromatic carbocycles. The lowest BCUT2D eigenvalue weighted by atomic mass is 10.1. The van der Waals surface area contributed by atoms with Gasteiger partial charge in [-0.1, -0.05) is 31.4 Å². The summed E-state index contributed by atoms with van der Waals surface area (Å²) in [4.78, 5) is 15.9. The second-order valence-corrected chi connectivity index (χ2v) is 10.8. The molecule has 0 saturated carbocycles. The van der Waals surface area contributed by atoms with Gasteiger partial charge in [0.25, 0.3) is 5.91 Å². The Balaban J connectivity index is 1.81. The van der Waals surface area contributed by atoms with Gasteiger partial charge in [-0.25, -0.2) is 18.1 Å². The molecule has 1 saturated heterocycles. The van der Waals surface area contributed by atoms with E-state index < -0.39 is 27.7 Å². The largest absolute Gasteiger partial charge is 0.491 e. The smallest absolute Gasteiger partial charge is 0.417 e. The van der Waals surface area contributed by atoms with Crippen LogP contribution < -0.4 is 14.2 Å². The van der Waals surface area contributed by atoms with Gasteiger partial charge in [-0.3, -0.25) is 4.79 Å². The number of carbonyl (C=O) groups is 1. The molecular weight excluding hydrogens is 549 g/mol. The number of hydrogen-bond donors (Lipinski definition) is 1. The van der Waals surface area contributed by atoms with Crippen LogP contribution in [0.1, 0.15) is 50.2 Å². The SMILES string of the molecule is CCCCCS(=O)(=O)NC(=O)C=Cc1ccc(OCC2CCCO2)cc1Oc1ncc(C(F)(F)F)cc1Cl. The molecule has 0 bridgehead atoms. The summed E-state index contributed by atoms with van der Waals surface area (Å²) in [6.07, 6.45) is 1.96. The van der Waals surface area contributed by atoms with Crippen LogP contribution in [0.3, 0.4) is 0 Å². The molecule has 208 valence electrons. The van der Waals surface area contributed by atoms with Crippen molar-refractivity contribution in [3.63, 3.8) is 0 Å². The van der Waals surface area contributed by atoms with Crippen LogP contribution >= 0.6 is 11.6 Å². The van der Waals surface area contributed by atoms with Crippen molar-refractivity contribution in [3.05, 3.63) is 52.7 Å². The van der Waals surface area contributed by atoms with Gasteiger partial charge in [-0.15, -0.1) is 0 Å². The zero-order valence-corrected chi connectivity index (χ0v) is 22.2. The maximum atomic E-state index is 13.0. The van der Waals surface area contributed by atoms with Gasteiger partial charge in [0.1, 0.15) is 23.1 Å². The summed E-state index contributed by atoms with van der Waals surface area (Å²) in [5.74, 6) is -0.897. The molecular formula is C25H28ClF3N2O6S. The van der Waals surface area contributed by atoms with Gasteiger partial charge in [0.15, 0.2) is 0 Å². The van der Waals surface area contributed by atoms with E-state index in [4.69, 9.17) is 25.8 Å². The highest BCUT2D eigenvalue weighted by Crippen LogP contribution is 2.36. The molecule has 0 radical (unpaired) electrons. The number of carbonyl (C=O) groups excluding carboxylic acids is 1. The minimum absolute atomic E-state index is 0.0621. The summed E-state index contributed by atoms with van der Waals surface area (Å²) in [5, 5.41) is -0.378. The Morgan fingerprint density at radius 1 is 1.29 bits per heavy atom. The molecule has 8 nitrogen and oxygen atoms in total. The lowest BCUT2D eigenvalue weighted by Gasteiger charge is -2.15. The van der Waals surface area contributed by atoms with E-state index in [-0.39, 0.29) is 35.1 Å². The van der Waals surface area contributed by atoms with Gasteiger partial charge < -0.3 is 14.2 Å². The predicted molar refractivity (Wildman–Crippen MR) is 136 cm³/mol. The first-order valence-corrected chi connectivity index (χ1v) is 14.0.